The first-order valence-corrected chi connectivity index (χ1v) is 14.2. The molecule has 0 spiro atoms. The predicted molar refractivity (Wildman–Crippen MR) is 151 cm³/mol. The van der Waals surface area contributed by atoms with E-state index in [1.54, 1.807) is 6.07 Å². The van der Waals surface area contributed by atoms with Gasteiger partial charge in [0.15, 0.2) is 11.6 Å². The Balaban J connectivity index is 1.50. The van der Waals surface area contributed by atoms with Crippen LogP contribution in [0.2, 0.25) is 0 Å². The first kappa shape index (κ1) is 30.0. The van der Waals surface area contributed by atoms with Crippen molar-refractivity contribution < 1.29 is 33.3 Å². The lowest BCUT2D eigenvalue weighted by atomic mass is 9.89. The van der Waals surface area contributed by atoms with Crippen molar-refractivity contribution >= 4 is 35.5 Å². The van der Waals surface area contributed by atoms with E-state index in [1.807, 2.05) is 6.92 Å². The summed E-state index contributed by atoms with van der Waals surface area (Å²) in [4.78, 5) is 42.5. The van der Waals surface area contributed by atoms with Crippen molar-refractivity contribution in [3.05, 3.63) is 36.2 Å². The summed E-state index contributed by atoms with van der Waals surface area (Å²) in [6.45, 7) is 4.24. The van der Waals surface area contributed by atoms with E-state index in [9.17, 15) is 14.0 Å². The number of hydrogen-bond donors (Lipinski definition) is 4. The number of likely N-dealkylation sites (N-methyl/N-ethyl adjacent to an activating group) is 1. The van der Waals surface area contributed by atoms with Gasteiger partial charge in [0.2, 0.25) is 17.8 Å². The fourth-order valence-corrected chi connectivity index (χ4v) is 5.53. The predicted octanol–water partition coefficient (Wildman–Crippen LogP) is 4.27. The number of aliphatic carboxylic acids is 1. The van der Waals surface area contributed by atoms with Crippen LogP contribution in [0.1, 0.15) is 51.9 Å². The van der Waals surface area contributed by atoms with Crippen LogP contribution in [0, 0.1) is 11.7 Å². The van der Waals surface area contributed by atoms with Crippen LogP contribution in [0.15, 0.2) is 30.4 Å². The summed E-state index contributed by atoms with van der Waals surface area (Å²) in [5, 5.41) is 18.5. The van der Waals surface area contributed by atoms with Gasteiger partial charge in [-0.1, -0.05) is 19.3 Å². The van der Waals surface area contributed by atoms with Crippen LogP contribution in [0.5, 0.6) is 5.75 Å². The van der Waals surface area contributed by atoms with Crippen molar-refractivity contribution in [2.45, 2.75) is 57.9 Å². The maximum absolute atomic E-state index is 14.3. The number of nitrogens with zero attached hydrogens (tertiary/aromatic N) is 4. The fourth-order valence-electron chi connectivity index (χ4n) is 5.53. The number of rotatable bonds is 13. The Hall–Kier alpha value is -4.00. The van der Waals surface area contributed by atoms with Crippen molar-refractivity contribution in [3.63, 3.8) is 0 Å². The summed E-state index contributed by atoms with van der Waals surface area (Å²) in [6, 6.07) is 4.41. The molecule has 2 fully saturated rings. The number of nitrogens with one attached hydrogen (secondary N) is 3. The van der Waals surface area contributed by atoms with E-state index in [2.05, 4.69) is 30.9 Å². The summed E-state index contributed by atoms with van der Waals surface area (Å²) in [5.41, 5.74) is 0.456. The van der Waals surface area contributed by atoms with Crippen molar-refractivity contribution in [1.82, 2.24) is 15.0 Å². The lowest BCUT2D eigenvalue weighted by molar-refractivity contribution is -1.10. The number of carboxylic acid groups (broad SMARTS) is 1. The van der Waals surface area contributed by atoms with Gasteiger partial charge in [-0.05, 0) is 37.8 Å². The third-order valence-corrected chi connectivity index (χ3v) is 7.72. The number of carbonyl (C=O) groups is 2. The third kappa shape index (κ3) is 8.26. The van der Waals surface area contributed by atoms with Crippen LogP contribution in [0.3, 0.4) is 0 Å². The molecule has 41 heavy (non-hydrogen) atoms. The molecule has 4 N–H and O–H groups in total. The normalized spacial score (nSPS) is 21.0. The molecule has 222 valence electrons. The number of anilines is 4. The standard InChI is InChI=1S/C28H38FN7O5/c1-3-36(41-25(39)14-13-24(37)38)15-7-10-21(36)18-31-27-33-26(30-17-19-8-5-4-6-9-19)34-28(35-27)32-20-11-12-23(40-2)22(29)16-20/h11-14,16,19,21H,3-10,15,17-18H2,1-2H3,(H3-,30,31,32,33,34,35,37,38)/p+1. The second-order valence-corrected chi connectivity index (χ2v) is 10.4. The molecule has 1 aliphatic carbocycles. The van der Waals surface area contributed by atoms with Crippen LogP contribution < -0.4 is 20.7 Å². The largest absolute Gasteiger partial charge is 0.494 e. The first-order chi connectivity index (χ1) is 19.8. The Morgan fingerprint density at radius 3 is 2.39 bits per heavy atom. The van der Waals surface area contributed by atoms with Crippen molar-refractivity contribution in [2.24, 2.45) is 5.92 Å². The lowest BCUT2D eigenvalue weighted by Crippen LogP contribution is -2.54. The van der Waals surface area contributed by atoms with Gasteiger partial charge < -0.3 is 25.8 Å². The van der Waals surface area contributed by atoms with Gasteiger partial charge in [0.25, 0.3) is 0 Å². The van der Waals surface area contributed by atoms with Crippen LogP contribution in [-0.4, -0.2) is 76.0 Å². The average molecular weight is 573 g/mol. The molecule has 1 aliphatic heterocycles. The number of likely N-dealkylation sites (tertiary alicyclic amines) is 1. The second kappa shape index (κ2) is 14.1. The number of hydrogen-bond acceptors (Lipinski definition) is 10. The highest BCUT2D eigenvalue weighted by Crippen LogP contribution is 2.29. The number of methoxy groups -OCH3 is 1. The third-order valence-electron chi connectivity index (χ3n) is 7.72. The molecule has 4 rings (SSSR count). The molecule has 2 unspecified atom stereocenters. The summed E-state index contributed by atoms with van der Waals surface area (Å²) in [5.74, 6) is -0.776. The topological polar surface area (TPSA) is 148 Å². The number of hydroxylamine groups is 3. The van der Waals surface area contributed by atoms with E-state index in [-0.39, 0.29) is 22.4 Å². The molecule has 2 atom stereocenters. The van der Waals surface area contributed by atoms with Gasteiger partial charge in [-0.15, -0.1) is 4.65 Å². The van der Waals surface area contributed by atoms with Crippen LogP contribution in [0.25, 0.3) is 0 Å². The van der Waals surface area contributed by atoms with Crippen molar-refractivity contribution in [1.29, 1.82) is 0 Å². The molecule has 2 heterocycles. The van der Waals surface area contributed by atoms with Gasteiger partial charge in [-0.2, -0.15) is 15.0 Å². The number of ether oxygens (including phenoxy) is 1. The number of quaternary nitrogens is 1. The van der Waals surface area contributed by atoms with Crippen molar-refractivity contribution in [3.8, 4) is 5.75 Å². The Morgan fingerprint density at radius 2 is 1.73 bits per heavy atom. The van der Waals surface area contributed by atoms with Crippen LogP contribution in [0.4, 0.5) is 27.9 Å². The number of carboxylic acids is 1. The smallest absolute Gasteiger partial charge is 0.390 e. The minimum atomic E-state index is -1.21. The van der Waals surface area contributed by atoms with Crippen LogP contribution in [-0.2, 0) is 14.4 Å². The first-order valence-electron chi connectivity index (χ1n) is 14.2. The van der Waals surface area contributed by atoms with E-state index in [0.717, 1.165) is 31.5 Å². The minimum Gasteiger partial charge on any atom is -0.494 e. The number of aromatic nitrogens is 3. The summed E-state index contributed by atoms with van der Waals surface area (Å²) in [6.07, 6.45) is 9.39. The van der Waals surface area contributed by atoms with Crippen LogP contribution >= 0.6 is 0 Å². The van der Waals surface area contributed by atoms with E-state index < -0.39 is 17.8 Å². The molecule has 1 aromatic heterocycles. The number of halogens is 1. The van der Waals surface area contributed by atoms with Gasteiger partial charge >= 0.3 is 11.9 Å². The van der Waals surface area contributed by atoms with E-state index in [4.69, 9.17) is 14.7 Å². The molecular weight excluding hydrogens is 533 g/mol. The highest BCUT2D eigenvalue weighted by Gasteiger charge is 2.45. The average Bonchev–Trinajstić information content (AvgIpc) is 3.37. The summed E-state index contributed by atoms with van der Waals surface area (Å²) >= 11 is 0. The second-order valence-electron chi connectivity index (χ2n) is 10.4. The molecular formula is C28H39FN7O5+. The lowest BCUT2D eigenvalue weighted by Gasteiger charge is -2.34. The Kier molecular flexibility index (Phi) is 10.3. The van der Waals surface area contributed by atoms with E-state index in [1.165, 1.54) is 51.3 Å². The zero-order valence-corrected chi connectivity index (χ0v) is 23.6. The summed E-state index contributed by atoms with van der Waals surface area (Å²) in [7, 11) is 1.41. The molecule has 1 saturated carbocycles. The number of carbonyl (C=O) groups excluding carboxylic acids is 1. The van der Waals surface area contributed by atoms with Gasteiger partial charge in [0.05, 0.1) is 13.7 Å². The zero-order chi connectivity index (χ0) is 29.2. The maximum Gasteiger partial charge on any atom is 0.390 e. The molecule has 0 amide bonds. The molecule has 0 radical (unpaired) electrons. The summed E-state index contributed by atoms with van der Waals surface area (Å²) < 4.78 is 19.4. The van der Waals surface area contributed by atoms with E-state index in [0.29, 0.717) is 43.1 Å². The molecule has 13 heteroatoms. The van der Waals surface area contributed by atoms with Gasteiger partial charge in [0, 0.05) is 43.3 Å². The van der Waals surface area contributed by atoms with E-state index >= 15 is 0 Å². The highest BCUT2D eigenvalue weighted by molar-refractivity contribution is 5.90. The van der Waals surface area contributed by atoms with Gasteiger partial charge in [-0.3, -0.25) is 4.84 Å². The number of benzene rings is 1. The SMILES string of the molecule is CC[N+]1(OC(=O)C=CC(=O)O)CCCC1CNc1nc(NCC2CCCCC2)nc(Nc2ccc(OC)c(F)c2)n1. The molecule has 0 bridgehead atoms. The highest BCUT2D eigenvalue weighted by atomic mass is 19.1. The molecule has 2 aliphatic rings. The van der Waals surface area contributed by atoms with Gasteiger partial charge in [0.1, 0.15) is 19.1 Å². The van der Waals surface area contributed by atoms with Crippen molar-refractivity contribution in [2.75, 3.05) is 49.2 Å². The Labute approximate surface area is 238 Å². The van der Waals surface area contributed by atoms with Gasteiger partial charge in [-0.25, -0.2) is 14.0 Å². The monoisotopic (exact) mass is 572 g/mol. The fraction of sp³-hybridized carbons (Fsp3) is 0.536. The maximum atomic E-state index is 14.3. The minimum absolute atomic E-state index is 0.0733. The Morgan fingerprint density at radius 1 is 1.02 bits per heavy atom. The molecule has 2 aromatic rings. The quantitative estimate of drug-likeness (QED) is 0.202. The molecule has 1 aromatic carbocycles. The molecule has 12 nitrogen and oxygen atoms in total. The molecule has 1 saturated heterocycles. The zero-order valence-electron chi connectivity index (χ0n) is 23.6. The Bertz CT molecular complexity index is 1240.